The number of aromatic amines is 1. The molecule has 0 spiro atoms. The van der Waals surface area contributed by atoms with Crippen LogP contribution in [0.15, 0.2) is 18.2 Å². The number of fused-ring (bicyclic) bond motifs is 1. The van der Waals surface area contributed by atoms with Gasteiger partial charge >= 0.3 is 0 Å². The van der Waals surface area contributed by atoms with Gasteiger partial charge in [-0.3, -0.25) is 0 Å². The van der Waals surface area contributed by atoms with E-state index in [0.717, 1.165) is 36.3 Å². The van der Waals surface area contributed by atoms with Crippen LogP contribution < -0.4 is 0 Å². The van der Waals surface area contributed by atoms with E-state index >= 15 is 0 Å². The number of aromatic nitrogens is 2. The van der Waals surface area contributed by atoms with E-state index in [1.54, 1.807) is 7.11 Å². The number of hydrogen-bond donors (Lipinski definition) is 1. The number of nitrogens with one attached hydrogen (secondary N) is 1. The molecule has 2 rings (SSSR count). The van der Waals surface area contributed by atoms with E-state index in [2.05, 4.69) is 50.3 Å². The maximum absolute atomic E-state index is 5.35. The van der Waals surface area contributed by atoms with Crippen LogP contribution in [-0.2, 0) is 11.3 Å². The van der Waals surface area contributed by atoms with Crippen molar-refractivity contribution in [2.24, 2.45) is 0 Å². The molecule has 1 aromatic carbocycles. The summed E-state index contributed by atoms with van der Waals surface area (Å²) in [7, 11) is 1.74. The first-order chi connectivity index (χ1) is 8.22. The molecule has 0 saturated carbocycles. The Morgan fingerprint density at radius 1 is 1.41 bits per heavy atom. The molecule has 0 bridgehead atoms. The van der Waals surface area contributed by atoms with Crippen molar-refractivity contribution < 1.29 is 4.74 Å². The molecule has 0 saturated heterocycles. The number of unbranched alkanes of at least 4 members (excludes halogenated alkanes) is 1. The second-order valence-electron chi connectivity index (χ2n) is 3.94. The highest BCUT2D eigenvalue weighted by atomic mass is 127. The molecule has 17 heavy (non-hydrogen) atoms. The number of methoxy groups -OCH3 is 1. The Balaban J connectivity index is 2.21. The molecule has 3 nitrogen and oxygen atoms in total. The summed E-state index contributed by atoms with van der Waals surface area (Å²) in [6.45, 7) is 1.76. The van der Waals surface area contributed by atoms with Crippen LogP contribution in [0, 0.1) is 8.34 Å². The topological polar surface area (TPSA) is 29.9 Å². The monoisotopic (exact) mass is 362 g/mol. The predicted octanol–water partition coefficient (Wildman–Crippen LogP) is 3.73. The van der Waals surface area contributed by atoms with Gasteiger partial charge in [-0.1, -0.05) is 0 Å². The third-order valence-electron chi connectivity index (χ3n) is 2.72. The van der Waals surface area contributed by atoms with Crippen molar-refractivity contribution in [2.45, 2.75) is 19.4 Å². The molecule has 0 aliphatic rings. The summed E-state index contributed by atoms with van der Waals surface area (Å²) < 4.78 is 9.24. The molecule has 0 amide bonds. The Hall–Kier alpha value is -0.400. The Bertz CT molecular complexity index is 561. The van der Waals surface area contributed by atoms with Crippen LogP contribution in [0.2, 0.25) is 0 Å². The van der Waals surface area contributed by atoms with Crippen LogP contribution in [0.1, 0.15) is 12.8 Å². The summed E-state index contributed by atoms with van der Waals surface area (Å²) in [5.74, 6) is 0. The predicted molar refractivity (Wildman–Crippen MR) is 80.9 cm³/mol. The molecule has 92 valence electrons. The smallest absolute Gasteiger partial charge is 0.178 e. The van der Waals surface area contributed by atoms with Gasteiger partial charge in [0.05, 0.1) is 11.0 Å². The number of ether oxygens (including phenoxy) is 1. The van der Waals surface area contributed by atoms with Gasteiger partial charge in [0.2, 0.25) is 0 Å². The van der Waals surface area contributed by atoms with Gasteiger partial charge in [-0.2, -0.15) is 0 Å². The Labute approximate surface area is 119 Å². The molecular formula is C12H15IN2OS. The van der Waals surface area contributed by atoms with E-state index in [-0.39, 0.29) is 0 Å². The van der Waals surface area contributed by atoms with Gasteiger partial charge in [0.1, 0.15) is 0 Å². The average Bonchev–Trinajstić information content (AvgIpc) is 2.60. The molecule has 0 radical (unpaired) electrons. The van der Waals surface area contributed by atoms with Crippen molar-refractivity contribution in [3.05, 3.63) is 26.5 Å². The van der Waals surface area contributed by atoms with Crippen LogP contribution in [0.25, 0.3) is 11.0 Å². The lowest BCUT2D eigenvalue weighted by atomic mass is 10.3. The Kier molecular flexibility index (Phi) is 4.58. The number of aryl methyl sites for hydroxylation is 1. The highest BCUT2D eigenvalue weighted by Crippen LogP contribution is 2.17. The number of halogens is 1. The van der Waals surface area contributed by atoms with Gasteiger partial charge in [0.25, 0.3) is 0 Å². The lowest BCUT2D eigenvalue weighted by Crippen LogP contribution is -1.99. The largest absolute Gasteiger partial charge is 0.385 e. The molecule has 1 aromatic heterocycles. The number of nitrogens with zero attached hydrogens (tertiary/aromatic N) is 1. The van der Waals surface area contributed by atoms with Crippen molar-refractivity contribution in [3.8, 4) is 0 Å². The molecule has 0 unspecified atom stereocenters. The Morgan fingerprint density at radius 3 is 3.00 bits per heavy atom. The molecule has 1 N–H and O–H groups in total. The minimum atomic E-state index is 0.805. The normalized spacial score (nSPS) is 11.2. The average molecular weight is 362 g/mol. The summed E-state index contributed by atoms with van der Waals surface area (Å²) in [6.07, 6.45) is 2.15. The van der Waals surface area contributed by atoms with Gasteiger partial charge in [-0.05, 0) is 65.8 Å². The van der Waals surface area contributed by atoms with E-state index < -0.39 is 0 Å². The number of hydrogen-bond acceptors (Lipinski definition) is 2. The van der Waals surface area contributed by atoms with E-state index in [9.17, 15) is 0 Å². The fraction of sp³-hybridized carbons (Fsp3) is 0.417. The van der Waals surface area contributed by atoms with E-state index in [1.807, 2.05) is 0 Å². The molecule has 5 heteroatoms. The van der Waals surface area contributed by atoms with E-state index in [4.69, 9.17) is 17.0 Å². The van der Waals surface area contributed by atoms with Crippen LogP contribution in [0.3, 0.4) is 0 Å². The molecule has 0 aliphatic heterocycles. The fourth-order valence-electron chi connectivity index (χ4n) is 1.87. The number of imidazole rings is 1. The summed E-state index contributed by atoms with van der Waals surface area (Å²) in [5, 5.41) is 0. The summed E-state index contributed by atoms with van der Waals surface area (Å²) in [5.41, 5.74) is 2.31. The number of H-pyrrole nitrogens is 1. The highest BCUT2D eigenvalue weighted by molar-refractivity contribution is 14.1. The summed E-state index contributed by atoms with van der Waals surface area (Å²) in [4.78, 5) is 3.25. The number of benzene rings is 1. The van der Waals surface area contributed by atoms with Gasteiger partial charge in [0.15, 0.2) is 4.77 Å². The lowest BCUT2D eigenvalue weighted by molar-refractivity contribution is 0.191. The third-order valence-corrected chi connectivity index (χ3v) is 3.71. The van der Waals surface area contributed by atoms with Crippen LogP contribution >= 0.6 is 34.8 Å². The zero-order chi connectivity index (χ0) is 12.3. The maximum Gasteiger partial charge on any atom is 0.178 e. The zero-order valence-corrected chi connectivity index (χ0v) is 12.7. The van der Waals surface area contributed by atoms with E-state index in [1.165, 1.54) is 9.09 Å². The van der Waals surface area contributed by atoms with E-state index in [0.29, 0.717) is 0 Å². The second kappa shape index (κ2) is 5.97. The van der Waals surface area contributed by atoms with Gasteiger partial charge in [-0.15, -0.1) is 0 Å². The van der Waals surface area contributed by atoms with Crippen molar-refractivity contribution in [2.75, 3.05) is 13.7 Å². The third kappa shape index (κ3) is 3.08. The summed E-state index contributed by atoms with van der Waals surface area (Å²) in [6, 6.07) is 6.36. The minimum absolute atomic E-state index is 0.805. The second-order valence-corrected chi connectivity index (χ2v) is 5.58. The zero-order valence-electron chi connectivity index (χ0n) is 9.70. The lowest BCUT2D eigenvalue weighted by Gasteiger charge is -2.04. The quantitative estimate of drug-likeness (QED) is 0.499. The maximum atomic E-state index is 5.35. The van der Waals surface area contributed by atoms with Crippen LogP contribution in [-0.4, -0.2) is 23.3 Å². The molecular weight excluding hydrogens is 347 g/mol. The number of rotatable bonds is 5. The van der Waals surface area contributed by atoms with Crippen LogP contribution in [0.5, 0.6) is 0 Å². The standard InChI is InChI=1S/C12H15IN2OS/c1-16-7-3-2-6-15-11-5-4-9(13)8-10(11)14-12(15)17/h4-5,8H,2-3,6-7H2,1H3,(H,14,17). The van der Waals surface area contributed by atoms with Crippen molar-refractivity contribution >= 4 is 45.8 Å². The van der Waals surface area contributed by atoms with Crippen molar-refractivity contribution in [1.29, 1.82) is 0 Å². The van der Waals surface area contributed by atoms with Crippen LogP contribution in [0.4, 0.5) is 0 Å². The minimum Gasteiger partial charge on any atom is -0.385 e. The highest BCUT2D eigenvalue weighted by Gasteiger charge is 2.04. The SMILES string of the molecule is COCCCCn1c(=S)[nH]c2cc(I)ccc21. The van der Waals surface area contributed by atoms with Crippen molar-refractivity contribution in [3.63, 3.8) is 0 Å². The molecule has 2 aromatic rings. The first-order valence-corrected chi connectivity index (χ1v) is 7.08. The molecule has 1 heterocycles. The Morgan fingerprint density at radius 2 is 2.24 bits per heavy atom. The molecule has 0 fully saturated rings. The van der Waals surface area contributed by atoms with Gasteiger partial charge in [-0.25, -0.2) is 0 Å². The first kappa shape index (κ1) is 13.0. The summed E-state index contributed by atoms with van der Waals surface area (Å²) >= 11 is 7.66. The van der Waals surface area contributed by atoms with Gasteiger partial charge in [0, 0.05) is 23.8 Å². The van der Waals surface area contributed by atoms with Gasteiger partial charge < -0.3 is 14.3 Å². The molecule has 0 aliphatic carbocycles. The first-order valence-electron chi connectivity index (χ1n) is 5.59. The molecule has 0 atom stereocenters. The van der Waals surface area contributed by atoms with Crippen molar-refractivity contribution in [1.82, 2.24) is 9.55 Å². The fourth-order valence-corrected chi connectivity index (χ4v) is 2.66.